The molecule has 2 aliphatic rings. The van der Waals surface area contributed by atoms with Crippen molar-refractivity contribution in [2.75, 3.05) is 6.54 Å². The predicted molar refractivity (Wildman–Crippen MR) is 95.2 cm³/mol. The highest BCUT2D eigenvalue weighted by Crippen LogP contribution is 2.38. The molecule has 1 N–H and O–H groups in total. The van der Waals surface area contributed by atoms with Crippen molar-refractivity contribution in [2.24, 2.45) is 0 Å². The van der Waals surface area contributed by atoms with Crippen LogP contribution in [-0.4, -0.2) is 34.3 Å². The summed E-state index contributed by atoms with van der Waals surface area (Å²) in [7, 11) is 0. The zero-order chi connectivity index (χ0) is 17.3. The van der Waals surface area contributed by atoms with Gasteiger partial charge in [-0.3, -0.25) is 0 Å². The summed E-state index contributed by atoms with van der Waals surface area (Å²) in [6.07, 6.45) is 2.62. The monoisotopic (exact) mass is 337 g/mol. The van der Waals surface area contributed by atoms with Crippen LogP contribution in [-0.2, 0) is 24.2 Å². The Balaban J connectivity index is 1.45. The number of hydrogen-bond acceptors (Lipinski definition) is 3. The van der Waals surface area contributed by atoms with Crippen LogP contribution in [0.1, 0.15) is 29.5 Å². The number of nitrogens with zero attached hydrogens (tertiary/aromatic N) is 1. The first kappa shape index (κ1) is 16.2. The first-order valence-corrected chi connectivity index (χ1v) is 8.92. The summed E-state index contributed by atoms with van der Waals surface area (Å²) in [6, 6.07) is 17.7. The van der Waals surface area contributed by atoms with Crippen LogP contribution in [0, 0.1) is 0 Å². The SMILES string of the molecule is O=C(OCc1ccccc1)N1CCC[C@@H]1C1(O)Cc2ccccc2C1. The highest BCUT2D eigenvalue weighted by Gasteiger charge is 2.48. The topological polar surface area (TPSA) is 49.8 Å². The summed E-state index contributed by atoms with van der Waals surface area (Å²) < 4.78 is 5.50. The van der Waals surface area contributed by atoms with E-state index in [-0.39, 0.29) is 18.7 Å². The Bertz CT molecular complexity index is 734. The van der Waals surface area contributed by atoms with E-state index in [1.165, 1.54) is 11.1 Å². The number of amides is 1. The van der Waals surface area contributed by atoms with E-state index in [4.69, 9.17) is 4.74 Å². The highest BCUT2D eigenvalue weighted by molar-refractivity contribution is 5.69. The molecule has 0 unspecified atom stereocenters. The second kappa shape index (κ2) is 6.52. The van der Waals surface area contributed by atoms with Crippen LogP contribution < -0.4 is 0 Å². The molecule has 25 heavy (non-hydrogen) atoms. The number of aliphatic hydroxyl groups is 1. The van der Waals surface area contributed by atoms with Gasteiger partial charge < -0.3 is 14.7 Å². The molecule has 0 saturated carbocycles. The molecule has 4 nitrogen and oxygen atoms in total. The largest absolute Gasteiger partial charge is 0.445 e. The molecule has 4 rings (SSSR count). The lowest BCUT2D eigenvalue weighted by molar-refractivity contribution is -0.0253. The molecule has 0 radical (unpaired) electrons. The molecule has 1 heterocycles. The van der Waals surface area contributed by atoms with Gasteiger partial charge in [-0.25, -0.2) is 4.79 Å². The summed E-state index contributed by atoms with van der Waals surface area (Å²) in [5.41, 5.74) is 2.47. The van der Waals surface area contributed by atoms with E-state index in [0.717, 1.165) is 18.4 Å². The van der Waals surface area contributed by atoms with Gasteiger partial charge in [-0.1, -0.05) is 54.6 Å². The van der Waals surface area contributed by atoms with Gasteiger partial charge in [-0.15, -0.1) is 0 Å². The smallest absolute Gasteiger partial charge is 0.410 e. The summed E-state index contributed by atoms with van der Waals surface area (Å²) >= 11 is 0. The van der Waals surface area contributed by atoms with Gasteiger partial charge in [0.1, 0.15) is 6.61 Å². The van der Waals surface area contributed by atoms with E-state index in [2.05, 4.69) is 12.1 Å². The maximum Gasteiger partial charge on any atom is 0.410 e. The van der Waals surface area contributed by atoms with Gasteiger partial charge in [0, 0.05) is 19.4 Å². The Morgan fingerprint density at radius 2 is 1.72 bits per heavy atom. The molecular weight excluding hydrogens is 314 g/mol. The van der Waals surface area contributed by atoms with Crippen LogP contribution in [0.2, 0.25) is 0 Å². The second-order valence-electron chi connectivity index (χ2n) is 7.12. The third-order valence-electron chi connectivity index (χ3n) is 5.42. The predicted octanol–water partition coefficient (Wildman–Crippen LogP) is 3.32. The lowest BCUT2D eigenvalue weighted by Crippen LogP contribution is -2.52. The van der Waals surface area contributed by atoms with Gasteiger partial charge in [-0.2, -0.15) is 0 Å². The van der Waals surface area contributed by atoms with Crippen LogP contribution in [0.25, 0.3) is 0 Å². The summed E-state index contributed by atoms with van der Waals surface area (Å²) in [5.74, 6) is 0. The maximum absolute atomic E-state index is 12.6. The number of fused-ring (bicyclic) bond motifs is 1. The minimum Gasteiger partial charge on any atom is -0.445 e. The molecule has 130 valence electrons. The summed E-state index contributed by atoms with van der Waals surface area (Å²) in [4.78, 5) is 14.3. The normalized spacial score (nSPS) is 21.2. The minimum atomic E-state index is -0.883. The van der Waals surface area contributed by atoms with Crippen molar-refractivity contribution in [2.45, 2.75) is 43.9 Å². The van der Waals surface area contributed by atoms with Gasteiger partial charge in [0.2, 0.25) is 0 Å². The standard InChI is InChI=1S/C21H23NO3/c23-20(25-15-16-7-2-1-3-8-16)22-12-6-11-19(22)21(24)13-17-9-4-5-10-18(17)14-21/h1-5,7-10,19,24H,6,11-15H2/t19-/m1/s1. The molecule has 0 spiro atoms. The highest BCUT2D eigenvalue weighted by atomic mass is 16.6. The van der Waals surface area contributed by atoms with Gasteiger partial charge >= 0.3 is 6.09 Å². The molecule has 2 aromatic carbocycles. The molecule has 1 amide bonds. The molecule has 1 aliphatic heterocycles. The molecule has 2 aromatic rings. The lowest BCUT2D eigenvalue weighted by Gasteiger charge is -2.35. The molecule has 0 aromatic heterocycles. The number of rotatable bonds is 3. The van der Waals surface area contributed by atoms with Crippen molar-refractivity contribution in [3.05, 3.63) is 71.3 Å². The first-order chi connectivity index (χ1) is 12.2. The molecule has 1 fully saturated rings. The van der Waals surface area contributed by atoms with E-state index >= 15 is 0 Å². The number of likely N-dealkylation sites (tertiary alicyclic amines) is 1. The Hall–Kier alpha value is -2.33. The minimum absolute atomic E-state index is 0.178. The zero-order valence-corrected chi connectivity index (χ0v) is 14.2. The molecule has 1 aliphatic carbocycles. The third-order valence-corrected chi connectivity index (χ3v) is 5.42. The molecular formula is C21H23NO3. The van der Waals surface area contributed by atoms with Crippen LogP contribution in [0.3, 0.4) is 0 Å². The van der Waals surface area contributed by atoms with E-state index in [9.17, 15) is 9.90 Å². The lowest BCUT2D eigenvalue weighted by atomic mass is 9.89. The van der Waals surface area contributed by atoms with E-state index in [0.29, 0.717) is 19.4 Å². The molecule has 0 bridgehead atoms. The Morgan fingerprint density at radius 3 is 2.40 bits per heavy atom. The van der Waals surface area contributed by atoms with Crippen molar-refractivity contribution in [1.82, 2.24) is 4.90 Å². The van der Waals surface area contributed by atoms with E-state index in [1.807, 2.05) is 42.5 Å². The van der Waals surface area contributed by atoms with Crippen molar-refractivity contribution in [3.8, 4) is 0 Å². The summed E-state index contributed by atoms with van der Waals surface area (Å²) in [6.45, 7) is 0.915. The Kier molecular flexibility index (Phi) is 4.22. The average Bonchev–Trinajstić information content (AvgIpc) is 3.25. The Morgan fingerprint density at radius 1 is 1.08 bits per heavy atom. The fraction of sp³-hybridized carbons (Fsp3) is 0.381. The van der Waals surface area contributed by atoms with Crippen LogP contribution in [0.4, 0.5) is 4.79 Å². The summed E-state index contributed by atoms with van der Waals surface area (Å²) in [5, 5.41) is 11.3. The Labute approximate surface area is 148 Å². The van der Waals surface area contributed by atoms with Gasteiger partial charge in [0.15, 0.2) is 0 Å². The van der Waals surface area contributed by atoms with Crippen molar-refractivity contribution in [3.63, 3.8) is 0 Å². The molecule has 4 heteroatoms. The van der Waals surface area contributed by atoms with Gasteiger partial charge in [-0.05, 0) is 29.5 Å². The quantitative estimate of drug-likeness (QED) is 0.935. The van der Waals surface area contributed by atoms with Crippen molar-refractivity contribution >= 4 is 6.09 Å². The fourth-order valence-corrected chi connectivity index (χ4v) is 4.21. The second-order valence-corrected chi connectivity index (χ2v) is 7.12. The van der Waals surface area contributed by atoms with Crippen LogP contribution in [0.15, 0.2) is 54.6 Å². The molecule has 1 saturated heterocycles. The number of ether oxygens (including phenoxy) is 1. The third kappa shape index (κ3) is 3.14. The van der Waals surface area contributed by atoms with Gasteiger partial charge in [0.25, 0.3) is 0 Å². The van der Waals surface area contributed by atoms with E-state index in [1.54, 1.807) is 4.90 Å². The number of carbonyl (C=O) groups excluding carboxylic acids is 1. The number of carbonyl (C=O) groups is 1. The average molecular weight is 337 g/mol. The van der Waals surface area contributed by atoms with Crippen LogP contribution in [0.5, 0.6) is 0 Å². The maximum atomic E-state index is 12.6. The zero-order valence-electron chi connectivity index (χ0n) is 14.2. The van der Waals surface area contributed by atoms with Crippen LogP contribution >= 0.6 is 0 Å². The van der Waals surface area contributed by atoms with Crippen molar-refractivity contribution in [1.29, 1.82) is 0 Å². The van der Waals surface area contributed by atoms with Gasteiger partial charge in [0.05, 0.1) is 11.6 Å². The fourth-order valence-electron chi connectivity index (χ4n) is 4.21. The first-order valence-electron chi connectivity index (χ1n) is 8.92. The molecule has 1 atom stereocenters. The van der Waals surface area contributed by atoms with E-state index < -0.39 is 5.60 Å². The number of benzene rings is 2. The van der Waals surface area contributed by atoms with Crippen molar-refractivity contribution < 1.29 is 14.6 Å². The number of hydrogen-bond donors (Lipinski definition) is 1.